The zero-order valence-corrected chi connectivity index (χ0v) is 31.8. The SMILES string of the molecule is [CH2-]C.[CH2-]C.[Cl-].[Cl-].[Zr+4].[Zr+4].c1ccc2[cH-]ccc2c1.c1ccc2[cH-]ccc2c1.c1ccc2[cH-]ccc2c1.c1ccc2[cH-]ccc2c1. The van der Waals surface area contributed by atoms with Crippen LogP contribution in [-0.2, 0) is 52.4 Å². The second-order valence-corrected chi connectivity index (χ2v) is 8.62. The number of hydrogen-bond donors (Lipinski definition) is 0. The van der Waals surface area contributed by atoms with Crippen LogP contribution in [0.15, 0.2) is 170 Å². The Morgan fingerprint density at radius 3 is 0.682 bits per heavy atom. The quantitative estimate of drug-likeness (QED) is 0.168. The predicted molar refractivity (Wildman–Crippen MR) is 180 cm³/mol. The largest absolute Gasteiger partial charge is 4.00 e. The molecule has 0 fully saturated rings. The van der Waals surface area contributed by atoms with Gasteiger partial charge in [0.2, 0.25) is 0 Å². The Labute approximate surface area is 315 Å². The molecule has 0 nitrogen and oxygen atoms in total. The molecule has 220 valence electrons. The molecule has 44 heavy (non-hydrogen) atoms. The Morgan fingerprint density at radius 1 is 0.318 bits per heavy atom. The van der Waals surface area contributed by atoms with E-state index in [4.69, 9.17) is 0 Å². The molecule has 8 aromatic carbocycles. The van der Waals surface area contributed by atoms with Crippen molar-refractivity contribution < 1.29 is 77.2 Å². The monoisotopic (exact) mass is 768 g/mol. The molecular formula is C40H38Cl2Zr2. The van der Waals surface area contributed by atoms with Crippen molar-refractivity contribution in [3.8, 4) is 0 Å². The first-order chi connectivity index (χ1) is 19.9. The number of halogens is 2. The van der Waals surface area contributed by atoms with Gasteiger partial charge in [-0.3, -0.25) is 0 Å². The van der Waals surface area contributed by atoms with Crippen molar-refractivity contribution >= 4 is 43.1 Å². The van der Waals surface area contributed by atoms with Crippen LogP contribution in [-0.4, -0.2) is 0 Å². The fourth-order valence-electron chi connectivity index (χ4n) is 4.28. The Bertz CT molecular complexity index is 1380. The normalized spacial score (nSPS) is 8.64. The first-order valence-corrected chi connectivity index (χ1v) is 13.7. The average molecular weight is 772 g/mol. The molecular weight excluding hydrogens is 734 g/mol. The van der Waals surface area contributed by atoms with Gasteiger partial charge in [0, 0.05) is 0 Å². The van der Waals surface area contributed by atoms with Gasteiger partial charge >= 0.3 is 52.4 Å². The maximum atomic E-state index is 3.25. The summed E-state index contributed by atoms with van der Waals surface area (Å²) in [6.07, 6.45) is 0. The smallest absolute Gasteiger partial charge is 1.00 e. The molecule has 0 aliphatic carbocycles. The van der Waals surface area contributed by atoms with Gasteiger partial charge in [-0.1, -0.05) is 24.3 Å². The van der Waals surface area contributed by atoms with E-state index >= 15 is 0 Å². The van der Waals surface area contributed by atoms with E-state index in [9.17, 15) is 0 Å². The molecule has 4 heteroatoms. The summed E-state index contributed by atoms with van der Waals surface area (Å²) < 4.78 is 0. The van der Waals surface area contributed by atoms with E-state index in [1.165, 1.54) is 43.1 Å². The predicted octanol–water partition coefficient (Wildman–Crippen LogP) is 5.92. The molecule has 0 spiro atoms. The van der Waals surface area contributed by atoms with Crippen molar-refractivity contribution in [2.24, 2.45) is 0 Å². The fourth-order valence-corrected chi connectivity index (χ4v) is 4.28. The van der Waals surface area contributed by atoms with Crippen LogP contribution < -0.4 is 24.8 Å². The van der Waals surface area contributed by atoms with E-state index in [1.807, 2.05) is 0 Å². The van der Waals surface area contributed by atoms with Crippen molar-refractivity contribution in [2.45, 2.75) is 13.8 Å². The molecule has 8 rings (SSSR count). The molecule has 0 aromatic heterocycles. The summed E-state index contributed by atoms with van der Waals surface area (Å²) in [5.74, 6) is 0. The maximum absolute atomic E-state index is 3.25. The molecule has 8 aromatic rings. The van der Waals surface area contributed by atoms with Crippen LogP contribution >= 0.6 is 0 Å². The Balaban J connectivity index is 0. The van der Waals surface area contributed by atoms with E-state index in [0.717, 1.165) is 0 Å². The molecule has 0 bridgehead atoms. The van der Waals surface area contributed by atoms with Crippen LogP contribution in [0.25, 0.3) is 43.1 Å². The summed E-state index contributed by atoms with van der Waals surface area (Å²) in [6.45, 7) is 10.0. The van der Waals surface area contributed by atoms with Gasteiger partial charge in [-0.15, -0.1) is 119 Å². The van der Waals surface area contributed by atoms with Crippen LogP contribution in [0.5, 0.6) is 0 Å². The van der Waals surface area contributed by atoms with Crippen LogP contribution in [0, 0.1) is 13.8 Å². The number of hydrogen-bond acceptors (Lipinski definition) is 0. The van der Waals surface area contributed by atoms with Crippen LogP contribution in [0.1, 0.15) is 13.8 Å². The van der Waals surface area contributed by atoms with Crippen LogP contribution in [0.2, 0.25) is 0 Å². The van der Waals surface area contributed by atoms with Crippen LogP contribution in [0.4, 0.5) is 0 Å². The zero-order chi connectivity index (χ0) is 28.4. The van der Waals surface area contributed by atoms with Gasteiger partial charge < -0.3 is 38.7 Å². The minimum absolute atomic E-state index is 0. The number of rotatable bonds is 0. The molecule has 0 saturated carbocycles. The van der Waals surface area contributed by atoms with Gasteiger partial charge in [-0.25, -0.2) is 0 Å². The molecule has 0 heterocycles. The van der Waals surface area contributed by atoms with Crippen molar-refractivity contribution in [3.63, 3.8) is 0 Å². The molecule has 0 atom stereocenters. The van der Waals surface area contributed by atoms with E-state index in [1.54, 1.807) is 13.8 Å². The third-order valence-electron chi connectivity index (χ3n) is 6.19. The van der Waals surface area contributed by atoms with E-state index in [-0.39, 0.29) is 77.2 Å². The van der Waals surface area contributed by atoms with Crippen molar-refractivity contribution in [2.75, 3.05) is 0 Å². The zero-order valence-electron chi connectivity index (χ0n) is 25.3. The number of fused-ring (bicyclic) bond motifs is 4. The van der Waals surface area contributed by atoms with Gasteiger partial charge in [-0.05, 0) is 0 Å². The summed E-state index contributed by atoms with van der Waals surface area (Å²) in [7, 11) is 0. The number of benzene rings is 4. The van der Waals surface area contributed by atoms with E-state index in [2.05, 4.69) is 184 Å². The summed E-state index contributed by atoms with van der Waals surface area (Å²) in [4.78, 5) is 0. The fraction of sp³-hybridized carbons (Fsp3) is 0.0500. The topological polar surface area (TPSA) is 0 Å². The molecule has 0 aliphatic heterocycles. The first kappa shape index (κ1) is 43.8. The standard InChI is InChI=1S/4C9H7.2C2H5.2ClH.2Zr/c4*1-2-5-9-7-3-6-8(9)4-1;2*1-2;;;;/h4*1-7H;2*1H2,2H3;2*1H;;/q6*-1;;;2*+4/p-2. The van der Waals surface area contributed by atoms with Crippen molar-refractivity contribution in [1.29, 1.82) is 0 Å². The maximum Gasteiger partial charge on any atom is 4.00 e. The minimum Gasteiger partial charge on any atom is -1.00 e. The third kappa shape index (κ3) is 13.8. The van der Waals surface area contributed by atoms with Crippen molar-refractivity contribution in [1.82, 2.24) is 0 Å². The summed E-state index contributed by atoms with van der Waals surface area (Å²) in [6, 6.07) is 58.7. The Hall–Kier alpha value is -2.33. The second-order valence-electron chi connectivity index (χ2n) is 8.62. The van der Waals surface area contributed by atoms with E-state index in [0.29, 0.717) is 0 Å². The summed E-state index contributed by atoms with van der Waals surface area (Å²) in [5.41, 5.74) is 0. The summed E-state index contributed by atoms with van der Waals surface area (Å²) >= 11 is 0. The molecule has 0 radical (unpaired) electrons. The first-order valence-electron chi connectivity index (χ1n) is 13.7. The average Bonchev–Trinajstić information content (AvgIpc) is 3.86. The molecule has 0 N–H and O–H groups in total. The second kappa shape index (κ2) is 25.9. The molecule has 0 unspecified atom stereocenters. The Kier molecular flexibility index (Phi) is 25.8. The third-order valence-corrected chi connectivity index (χ3v) is 6.19. The molecule has 0 saturated heterocycles. The molecule has 0 amide bonds. The van der Waals surface area contributed by atoms with E-state index < -0.39 is 0 Å². The van der Waals surface area contributed by atoms with Crippen molar-refractivity contribution in [3.05, 3.63) is 184 Å². The van der Waals surface area contributed by atoms with Crippen LogP contribution in [0.3, 0.4) is 0 Å². The van der Waals surface area contributed by atoms with Gasteiger partial charge in [0.05, 0.1) is 0 Å². The minimum atomic E-state index is 0. The van der Waals surface area contributed by atoms with Gasteiger partial charge in [0.15, 0.2) is 0 Å². The van der Waals surface area contributed by atoms with Gasteiger partial charge in [0.1, 0.15) is 0 Å². The molecule has 0 aliphatic rings. The Morgan fingerprint density at radius 2 is 0.500 bits per heavy atom. The van der Waals surface area contributed by atoms with Gasteiger partial charge in [-0.2, -0.15) is 83.9 Å². The van der Waals surface area contributed by atoms with Gasteiger partial charge in [0.25, 0.3) is 0 Å². The summed E-state index contributed by atoms with van der Waals surface area (Å²) in [5, 5.41) is 10.6.